The molecule has 3 N–H and O–H groups in total. The highest BCUT2D eigenvalue weighted by Gasteiger charge is 2.16. The minimum absolute atomic E-state index is 0.0232. The van der Waals surface area contributed by atoms with Gasteiger partial charge in [0.1, 0.15) is 5.75 Å². The number of rotatable bonds is 7. The lowest BCUT2D eigenvalue weighted by Crippen LogP contribution is -2.19. The predicted molar refractivity (Wildman–Crippen MR) is 133 cm³/mol. The van der Waals surface area contributed by atoms with Crippen molar-refractivity contribution in [3.63, 3.8) is 0 Å². The minimum Gasteiger partial charge on any atom is -0.494 e. The molecule has 0 saturated carbocycles. The number of ether oxygens (including phenoxy) is 1. The largest absolute Gasteiger partial charge is 0.494 e. The number of thiocarbonyl (C=S) groups is 1. The third-order valence-corrected chi connectivity index (χ3v) is 6.58. The first-order chi connectivity index (χ1) is 15.6. The van der Waals surface area contributed by atoms with E-state index in [-0.39, 0.29) is 32.2 Å². The van der Waals surface area contributed by atoms with Gasteiger partial charge in [0.15, 0.2) is 5.11 Å². The zero-order valence-electron chi connectivity index (χ0n) is 16.8. The molecule has 0 heterocycles. The SMILES string of the molecule is COc1cc([N+](=O)[O-])ccc1NC(=S)Nc1ccc(S(=O)(=O)Nc2ccc(Cl)c(Cl)c2)cc1. The first-order valence-electron chi connectivity index (χ1n) is 9.07. The molecule has 0 radical (unpaired) electrons. The van der Waals surface area contributed by atoms with Gasteiger partial charge >= 0.3 is 0 Å². The number of hydrogen-bond acceptors (Lipinski definition) is 6. The molecule has 3 aromatic carbocycles. The molecule has 33 heavy (non-hydrogen) atoms. The summed E-state index contributed by atoms with van der Waals surface area (Å²) >= 11 is 17.0. The first kappa shape index (κ1) is 24.5. The second-order valence-electron chi connectivity index (χ2n) is 6.48. The van der Waals surface area contributed by atoms with E-state index in [0.29, 0.717) is 16.4 Å². The van der Waals surface area contributed by atoms with Crippen molar-refractivity contribution in [2.75, 3.05) is 22.5 Å². The smallest absolute Gasteiger partial charge is 0.273 e. The van der Waals surface area contributed by atoms with Gasteiger partial charge < -0.3 is 15.4 Å². The summed E-state index contributed by atoms with van der Waals surface area (Å²) < 4.78 is 32.8. The van der Waals surface area contributed by atoms with Gasteiger partial charge in [-0.15, -0.1) is 0 Å². The highest BCUT2D eigenvalue weighted by molar-refractivity contribution is 7.92. The zero-order valence-corrected chi connectivity index (χ0v) is 20.0. The number of nitrogens with one attached hydrogen (secondary N) is 3. The van der Waals surface area contributed by atoms with Gasteiger partial charge in [0, 0.05) is 11.8 Å². The average molecular weight is 527 g/mol. The molecule has 0 fully saturated rings. The minimum atomic E-state index is -3.86. The lowest BCUT2D eigenvalue weighted by atomic mass is 10.2. The number of nitro benzene ring substituents is 1. The third-order valence-electron chi connectivity index (χ3n) is 4.24. The molecule has 3 aromatic rings. The van der Waals surface area contributed by atoms with Crippen molar-refractivity contribution in [2.45, 2.75) is 4.90 Å². The van der Waals surface area contributed by atoms with Gasteiger partial charge in [-0.05, 0) is 60.7 Å². The maximum atomic E-state index is 12.6. The summed E-state index contributed by atoms with van der Waals surface area (Å²) in [4.78, 5) is 10.4. The van der Waals surface area contributed by atoms with Crippen LogP contribution in [0, 0.1) is 10.1 Å². The molecule has 0 atom stereocenters. The Bertz CT molecular complexity index is 1320. The van der Waals surface area contributed by atoms with E-state index in [2.05, 4.69) is 15.4 Å². The normalized spacial score (nSPS) is 10.9. The summed E-state index contributed by atoms with van der Waals surface area (Å²) in [6.45, 7) is 0. The number of nitrogens with zero attached hydrogens (tertiary/aromatic N) is 1. The molecular weight excluding hydrogens is 511 g/mol. The maximum Gasteiger partial charge on any atom is 0.273 e. The lowest BCUT2D eigenvalue weighted by molar-refractivity contribution is -0.384. The Labute approximate surface area is 204 Å². The van der Waals surface area contributed by atoms with E-state index in [9.17, 15) is 18.5 Å². The standard InChI is InChI=1S/C20H16Cl2N4O5S2/c1-31-19-11-14(26(27)28)5-9-18(19)24-20(32)23-12-2-6-15(7-3-12)33(29,30)25-13-4-8-16(21)17(22)10-13/h2-11,25H,1H3,(H2,23,24,32). The number of sulfonamides is 1. The second kappa shape index (κ2) is 10.2. The summed E-state index contributed by atoms with van der Waals surface area (Å²) in [6, 6.07) is 14.3. The molecule has 0 bridgehead atoms. The molecule has 0 aliphatic carbocycles. The van der Waals surface area contributed by atoms with Gasteiger partial charge in [0.05, 0.1) is 44.4 Å². The Balaban J connectivity index is 1.68. The van der Waals surface area contributed by atoms with Crippen molar-refractivity contribution in [3.05, 3.63) is 80.8 Å². The Hall–Kier alpha value is -3.12. The van der Waals surface area contributed by atoms with E-state index in [1.165, 1.54) is 67.8 Å². The Morgan fingerprint density at radius 2 is 1.64 bits per heavy atom. The van der Waals surface area contributed by atoms with E-state index in [1.807, 2.05) is 0 Å². The summed E-state index contributed by atoms with van der Waals surface area (Å²) in [7, 11) is -2.48. The van der Waals surface area contributed by atoms with Gasteiger partial charge in [0.2, 0.25) is 0 Å². The molecule has 0 unspecified atom stereocenters. The molecule has 0 amide bonds. The van der Waals surface area contributed by atoms with Crippen LogP contribution in [0.4, 0.5) is 22.7 Å². The summed E-state index contributed by atoms with van der Waals surface area (Å²) in [5.74, 6) is 0.239. The Kier molecular flexibility index (Phi) is 7.59. The first-order valence-corrected chi connectivity index (χ1v) is 11.7. The molecule has 13 heteroatoms. The molecule has 0 spiro atoms. The van der Waals surface area contributed by atoms with Crippen LogP contribution in [0.15, 0.2) is 65.6 Å². The highest BCUT2D eigenvalue weighted by atomic mass is 35.5. The lowest BCUT2D eigenvalue weighted by Gasteiger charge is -2.14. The molecule has 9 nitrogen and oxygen atoms in total. The van der Waals surface area contributed by atoms with Gasteiger partial charge in [-0.1, -0.05) is 23.2 Å². The van der Waals surface area contributed by atoms with Gasteiger partial charge in [0.25, 0.3) is 15.7 Å². The Morgan fingerprint density at radius 3 is 2.24 bits per heavy atom. The van der Waals surface area contributed by atoms with Crippen LogP contribution >= 0.6 is 35.4 Å². The number of anilines is 3. The van der Waals surface area contributed by atoms with Crippen LogP contribution in [-0.2, 0) is 10.0 Å². The number of halogens is 2. The summed E-state index contributed by atoms with van der Waals surface area (Å²) in [5, 5.41) is 17.4. The Morgan fingerprint density at radius 1 is 0.970 bits per heavy atom. The quantitative estimate of drug-likeness (QED) is 0.209. The number of benzene rings is 3. The number of hydrogen-bond donors (Lipinski definition) is 3. The zero-order chi connectivity index (χ0) is 24.2. The highest BCUT2D eigenvalue weighted by Crippen LogP contribution is 2.29. The van der Waals surface area contributed by atoms with Crippen LogP contribution < -0.4 is 20.1 Å². The van der Waals surface area contributed by atoms with Crippen molar-refractivity contribution < 1.29 is 18.1 Å². The molecular formula is C20H16Cl2N4O5S2. The molecule has 0 aliphatic heterocycles. The number of non-ortho nitro benzene ring substituents is 1. The molecule has 3 rings (SSSR count). The van der Waals surface area contributed by atoms with Gasteiger partial charge in [-0.2, -0.15) is 0 Å². The fraction of sp³-hybridized carbons (Fsp3) is 0.0500. The van der Waals surface area contributed by atoms with E-state index in [0.717, 1.165) is 0 Å². The van der Waals surface area contributed by atoms with Crippen LogP contribution in [0.25, 0.3) is 0 Å². The third kappa shape index (κ3) is 6.23. The number of methoxy groups -OCH3 is 1. The van der Waals surface area contributed by atoms with Crippen LogP contribution in [0.5, 0.6) is 5.75 Å². The van der Waals surface area contributed by atoms with Crippen molar-refractivity contribution >= 4 is 73.3 Å². The topological polar surface area (TPSA) is 123 Å². The van der Waals surface area contributed by atoms with Crippen molar-refractivity contribution in [1.82, 2.24) is 0 Å². The van der Waals surface area contributed by atoms with Crippen molar-refractivity contribution in [1.29, 1.82) is 0 Å². The van der Waals surface area contributed by atoms with Crippen LogP contribution in [0.2, 0.25) is 10.0 Å². The fourth-order valence-electron chi connectivity index (χ4n) is 2.67. The fourth-order valence-corrected chi connectivity index (χ4v) is 4.25. The molecule has 0 aliphatic rings. The van der Waals surface area contributed by atoms with Crippen LogP contribution in [0.3, 0.4) is 0 Å². The predicted octanol–water partition coefficient (Wildman–Crippen LogP) is 5.52. The molecule has 0 aromatic heterocycles. The monoisotopic (exact) mass is 526 g/mol. The maximum absolute atomic E-state index is 12.6. The number of nitro groups is 1. The van der Waals surface area contributed by atoms with Crippen LogP contribution in [0.1, 0.15) is 0 Å². The second-order valence-corrected chi connectivity index (χ2v) is 9.38. The summed E-state index contributed by atoms with van der Waals surface area (Å²) in [6.07, 6.45) is 0. The van der Waals surface area contributed by atoms with E-state index in [4.69, 9.17) is 40.2 Å². The van der Waals surface area contributed by atoms with E-state index < -0.39 is 14.9 Å². The van der Waals surface area contributed by atoms with Crippen molar-refractivity contribution in [3.8, 4) is 5.75 Å². The summed E-state index contributed by atoms with van der Waals surface area (Å²) in [5.41, 5.74) is 1.09. The average Bonchev–Trinajstić information content (AvgIpc) is 2.76. The van der Waals surface area contributed by atoms with Gasteiger partial charge in [-0.25, -0.2) is 8.42 Å². The van der Waals surface area contributed by atoms with E-state index >= 15 is 0 Å². The molecule has 172 valence electrons. The van der Waals surface area contributed by atoms with Crippen molar-refractivity contribution in [2.24, 2.45) is 0 Å². The van der Waals surface area contributed by atoms with Gasteiger partial charge in [-0.3, -0.25) is 14.8 Å². The van der Waals surface area contributed by atoms with E-state index in [1.54, 1.807) is 0 Å². The molecule has 0 saturated heterocycles. The van der Waals surface area contributed by atoms with Crippen LogP contribution in [-0.4, -0.2) is 25.6 Å².